The molecule has 0 saturated carbocycles. The maximum Gasteiger partial charge on any atom is 0.0478 e. The molecule has 0 saturated heterocycles. The summed E-state index contributed by atoms with van der Waals surface area (Å²) in [6.45, 7) is 2.06. The van der Waals surface area contributed by atoms with Crippen molar-refractivity contribution in [3.05, 3.63) is 130 Å². The molecule has 0 aliphatic heterocycles. The van der Waals surface area contributed by atoms with Crippen LogP contribution in [0.4, 0.5) is 0 Å². The normalized spacial score (nSPS) is 12.6. The van der Waals surface area contributed by atoms with E-state index in [9.17, 15) is 0 Å². The number of nitrogens with zero attached hydrogens (tertiary/aromatic N) is 4. The van der Waals surface area contributed by atoms with Crippen LogP contribution in [0.2, 0.25) is 10.0 Å². The van der Waals surface area contributed by atoms with Gasteiger partial charge in [-0.25, -0.2) is 0 Å². The number of pyridine rings is 2. The number of rotatable bonds is 10. The van der Waals surface area contributed by atoms with Crippen molar-refractivity contribution in [2.45, 2.75) is 24.7 Å². The molecule has 0 spiro atoms. The van der Waals surface area contributed by atoms with Crippen molar-refractivity contribution in [1.82, 2.24) is 19.8 Å². The van der Waals surface area contributed by atoms with E-state index >= 15 is 0 Å². The zero-order valence-corrected chi connectivity index (χ0v) is 24.3. The molecule has 0 amide bonds. The van der Waals surface area contributed by atoms with Gasteiger partial charge in [-0.2, -0.15) is 0 Å². The lowest BCUT2D eigenvalue weighted by atomic mass is 9.92. The van der Waals surface area contributed by atoms with Gasteiger partial charge in [0.2, 0.25) is 0 Å². The third-order valence-corrected chi connectivity index (χ3v) is 6.87. The zero-order valence-electron chi connectivity index (χ0n) is 22.8. The first-order valence-electron chi connectivity index (χ1n) is 13.0. The van der Waals surface area contributed by atoms with Crippen molar-refractivity contribution >= 4 is 23.2 Å². The van der Waals surface area contributed by atoms with E-state index in [-0.39, 0.29) is 0 Å². The van der Waals surface area contributed by atoms with Gasteiger partial charge in [-0.3, -0.25) is 9.97 Å². The lowest BCUT2D eigenvalue weighted by Gasteiger charge is -2.19. The minimum Gasteiger partial charge on any atom is -0.309 e. The average Bonchev–Trinajstić information content (AvgIpc) is 2.92. The van der Waals surface area contributed by atoms with E-state index in [1.807, 2.05) is 60.9 Å². The van der Waals surface area contributed by atoms with Gasteiger partial charge in [-0.15, -0.1) is 0 Å². The van der Waals surface area contributed by atoms with Crippen LogP contribution in [-0.2, 0) is 0 Å². The van der Waals surface area contributed by atoms with Crippen LogP contribution < -0.4 is 0 Å². The maximum atomic E-state index is 5.97. The summed E-state index contributed by atoms with van der Waals surface area (Å²) in [7, 11) is 8.38. The molecule has 6 heteroatoms. The first kappa shape index (κ1) is 29.8. The van der Waals surface area contributed by atoms with E-state index in [1.54, 1.807) is 0 Å². The molecule has 200 valence electrons. The minimum atomic E-state index is 0.320. The van der Waals surface area contributed by atoms with Crippen molar-refractivity contribution < 1.29 is 0 Å². The Balaban J connectivity index is 0.000000211. The lowest BCUT2D eigenvalue weighted by Crippen LogP contribution is -2.17. The zero-order chi connectivity index (χ0) is 27.3. The van der Waals surface area contributed by atoms with Gasteiger partial charge < -0.3 is 9.80 Å². The summed E-state index contributed by atoms with van der Waals surface area (Å²) < 4.78 is 0. The quantitative estimate of drug-likeness (QED) is 0.204. The smallest absolute Gasteiger partial charge is 0.0478 e. The Morgan fingerprint density at radius 3 is 1.21 bits per heavy atom. The van der Waals surface area contributed by atoms with Gasteiger partial charge in [0, 0.05) is 45.7 Å². The third kappa shape index (κ3) is 9.85. The predicted molar refractivity (Wildman–Crippen MR) is 161 cm³/mol. The minimum absolute atomic E-state index is 0.320. The van der Waals surface area contributed by atoms with Crippen LogP contribution in [0.25, 0.3) is 0 Å². The molecule has 2 aromatic heterocycles. The highest BCUT2D eigenvalue weighted by molar-refractivity contribution is 6.30. The molecule has 2 aromatic carbocycles. The van der Waals surface area contributed by atoms with Crippen LogP contribution >= 0.6 is 23.2 Å². The highest BCUT2D eigenvalue weighted by Gasteiger charge is 2.16. The van der Waals surface area contributed by atoms with E-state index in [4.69, 9.17) is 23.2 Å². The molecule has 4 aromatic rings. The Morgan fingerprint density at radius 2 is 0.921 bits per heavy atom. The molecule has 2 heterocycles. The summed E-state index contributed by atoms with van der Waals surface area (Å²) in [6.07, 6.45) is 5.80. The molecular formula is C32H38Cl2N4. The molecule has 38 heavy (non-hydrogen) atoms. The Morgan fingerprint density at radius 1 is 0.553 bits per heavy atom. The van der Waals surface area contributed by atoms with Gasteiger partial charge in [0.25, 0.3) is 0 Å². The van der Waals surface area contributed by atoms with Gasteiger partial charge >= 0.3 is 0 Å². The Bertz CT molecular complexity index is 1080. The molecular weight excluding hydrogens is 511 g/mol. The molecule has 0 fully saturated rings. The van der Waals surface area contributed by atoms with Crippen molar-refractivity contribution in [3.63, 3.8) is 0 Å². The summed E-state index contributed by atoms with van der Waals surface area (Å²) in [6, 6.07) is 28.3. The predicted octanol–water partition coefficient (Wildman–Crippen LogP) is 7.64. The third-order valence-electron chi connectivity index (χ3n) is 6.36. The molecule has 2 atom stereocenters. The van der Waals surface area contributed by atoms with Crippen molar-refractivity contribution in [2.75, 3.05) is 41.3 Å². The SMILES string of the molecule is CN(C)CCC(c1ccc(Cl)cc1)c1ccccn1.CN(C)CC[C@@H](c1ccc(Cl)cc1)c1ccccn1. The topological polar surface area (TPSA) is 32.3 Å². The summed E-state index contributed by atoms with van der Waals surface area (Å²) in [5.74, 6) is 0.640. The fraction of sp³-hybridized carbons (Fsp3) is 0.312. The van der Waals surface area contributed by atoms with E-state index in [1.165, 1.54) is 11.1 Å². The number of aromatic nitrogens is 2. The summed E-state index contributed by atoms with van der Waals surface area (Å²) in [5, 5.41) is 1.55. The molecule has 4 rings (SSSR count). The first-order chi connectivity index (χ1) is 18.3. The molecule has 0 aliphatic carbocycles. The average molecular weight is 550 g/mol. The highest BCUT2D eigenvalue weighted by Crippen LogP contribution is 2.28. The number of benzene rings is 2. The van der Waals surface area contributed by atoms with Gasteiger partial charge in [-0.05, 0) is 114 Å². The Hall–Kier alpha value is -2.76. The Kier molecular flexibility index (Phi) is 12.2. The molecule has 0 bridgehead atoms. The van der Waals surface area contributed by atoms with Crippen molar-refractivity contribution in [3.8, 4) is 0 Å². The summed E-state index contributed by atoms with van der Waals surface area (Å²) in [5.41, 5.74) is 4.77. The lowest BCUT2D eigenvalue weighted by molar-refractivity contribution is 0.389. The van der Waals surface area contributed by atoms with Crippen molar-refractivity contribution in [1.29, 1.82) is 0 Å². The van der Waals surface area contributed by atoms with Crippen LogP contribution in [0.5, 0.6) is 0 Å². The van der Waals surface area contributed by atoms with E-state index in [0.717, 1.165) is 47.4 Å². The fourth-order valence-electron chi connectivity index (χ4n) is 4.30. The second-order valence-electron chi connectivity index (χ2n) is 9.90. The van der Waals surface area contributed by atoms with Gasteiger partial charge in [0.1, 0.15) is 0 Å². The second-order valence-corrected chi connectivity index (χ2v) is 10.8. The Labute approximate surface area is 238 Å². The monoisotopic (exact) mass is 548 g/mol. The summed E-state index contributed by atoms with van der Waals surface area (Å²) in [4.78, 5) is 13.4. The van der Waals surface area contributed by atoms with Crippen LogP contribution in [0.15, 0.2) is 97.3 Å². The molecule has 0 aliphatic rings. The van der Waals surface area contributed by atoms with Crippen molar-refractivity contribution in [2.24, 2.45) is 0 Å². The van der Waals surface area contributed by atoms with Crippen LogP contribution in [0.1, 0.15) is 47.2 Å². The standard InChI is InChI=1S/2C16H19ClN2/c2*1-19(2)12-10-15(16-5-3-4-11-18-16)13-6-8-14(17)9-7-13/h2*3-9,11,15H,10,12H2,1-2H3/t15-;/m0./s1. The highest BCUT2D eigenvalue weighted by atomic mass is 35.5. The van der Waals surface area contributed by atoms with Gasteiger partial charge in [0.15, 0.2) is 0 Å². The van der Waals surface area contributed by atoms with Gasteiger partial charge in [0.05, 0.1) is 0 Å². The van der Waals surface area contributed by atoms with Crippen LogP contribution in [-0.4, -0.2) is 61.0 Å². The molecule has 4 nitrogen and oxygen atoms in total. The fourth-order valence-corrected chi connectivity index (χ4v) is 4.55. The van der Waals surface area contributed by atoms with E-state index in [2.05, 4.69) is 84.4 Å². The second kappa shape index (κ2) is 15.6. The molecule has 0 N–H and O–H groups in total. The molecule has 1 unspecified atom stereocenters. The van der Waals surface area contributed by atoms with Crippen LogP contribution in [0.3, 0.4) is 0 Å². The van der Waals surface area contributed by atoms with Gasteiger partial charge in [-0.1, -0.05) is 59.6 Å². The largest absolute Gasteiger partial charge is 0.309 e. The number of hydrogen-bond donors (Lipinski definition) is 0. The number of halogens is 2. The molecule has 0 radical (unpaired) electrons. The van der Waals surface area contributed by atoms with E-state index in [0.29, 0.717) is 11.8 Å². The van der Waals surface area contributed by atoms with E-state index < -0.39 is 0 Å². The maximum absolute atomic E-state index is 5.97. The number of hydrogen-bond acceptors (Lipinski definition) is 4. The summed E-state index contributed by atoms with van der Waals surface area (Å²) >= 11 is 11.9. The first-order valence-corrected chi connectivity index (χ1v) is 13.7. The van der Waals surface area contributed by atoms with Crippen LogP contribution in [0, 0.1) is 0 Å².